The molecule has 1 aromatic carbocycles. The van der Waals surface area contributed by atoms with E-state index in [-0.39, 0.29) is 5.78 Å². The molecule has 4 heteroatoms. The van der Waals surface area contributed by atoms with Gasteiger partial charge in [-0.15, -0.1) is 0 Å². The number of ketones is 1. The Balaban J connectivity index is 2.05. The number of fused-ring (bicyclic) bond motifs is 1. The molecule has 0 bridgehead atoms. The quantitative estimate of drug-likeness (QED) is 0.749. The molecule has 0 aliphatic carbocycles. The average molecular weight is 278 g/mol. The van der Waals surface area contributed by atoms with Crippen molar-refractivity contribution in [1.29, 1.82) is 0 Å². The van der Waals surface area contributed by atoms with Crippen molar-refractivity contribution in [2.75, 3.05) is 6.61 Å². The largest absolute Gasteiger partial charge is 0.491 e. The normalized spacial score (nSPS) is 10.6. The maximum Gasteiger partial charge on any atom is 0.145 e. The molecule has 0 N–H and O–H groups in total. The molecule has 0 saturated heterocycles. The Morgan fingerprint density at radius 3 is 3.00 bits per heavy atom. The molecule has 1 aromatic heterocycles. The monoisotopic (exact) mass is 277 g/mol. The SMILES string of the molecule is CCC(=O)CCCOc1ccc(Cl)c2cccnc12. The van der Waals surface area contributed by atoms with E-state index in [0.29, 0.717) is 30.2 Å². The van der Waals surface area contributed by atoms with Crippen LogP contribution in [0.5, 0.6) is 5.75 Å². The summed E-state index contributed by atoms with van der Waals surface area (Å²) in [6.45, 7) is 2.39. The van der Waals surface area contributed by atoms with Crippen LogP contribution in [-0.2, 0) is 4.79 Å². The highest BCUT2D eigenvalue weighted by atomic mass is 35.5. The molecule has 19 heavy (non-hydrogen) atoms. The van der Waals surface area contributed by atoms with Crippen LogP contribution in [0.15, 0.2) is 30.5 Å². The molecule has 1 heterocycles. The highest BCUT2D eigenvalue weighted by Crippen LogP contribution is 2.29. The zero-order valence-electron chi connectivity index (χ0n) is 10.9. The Bertz CT molecular complexity index is 583. The molecule has 0 fully saturated rings. The predicted molar refractivity (Wildman–Crippen MR) is 76.8 cm³/mol. The van der Waals surface area contributed by atoms with E-state index in [2.05, 4.69) is 4.98 Å². The first kappa shape index (κ1) is 13.8. The lowest BCUT2D eigenvalue weighted by Crippen LogP contribution is -2.02. The second-order valence-electron chi connectivity index (χ2n) is 4.29. The summed E-state index contributed by atoms with van der Waals surface area (Å²) in [4.78, 5) is 15.5. The van der Waals surface area contributed by atoms with E-state index in [4.69, 9.17) is 16.3 Å². The van der Waals surface area contributed by atoms with Crippen LogP contribution in [0.4, 0.5) is 0 Å². The van der Waals surface area contributed by atoms with Gasteiger partial charge in [0.15, 0.2) is 0 Å². The van der Waals surface area contributed by atoms with E-state index in [1.165, 1.54) is 0 Å². The summed E-state index contributed by atoms with van der Waals surface area (Å²) in [7, 11) is 0. The number of halogens is 1. The molecule has 2 aromatic rings. The third-order valence-electron chi connectivity index (χ3n) is 2.93. The van der Waals surface area contributed by atoms with Gasteiger partial charge in [-0.3, -0.25) is 9.78 Å². The molecule has 0 atom stereocenters. The van der Waals surface area contributed by atoms with Gasteiger partial charge in [0.2, 0.25) is 0 Å². The van der Waals surface area contributed by atoms with Crippen molar-refractivity contribution in [3.63, 3.8) is 0 Å². The summed E-state index contributed by atoms with van der Waals surface area (Å²) in [5, 5.41) is 1.54. The molecule has 100 valence electrons. The summed E-state index contributed by atoms with van der Waals surface area (Å²) in [5.74, 6) is 0.978. The van der Waals surface area contributed by atoms with Gasteiger partial charge in [-0.25, -0.2) is 0 Å². The van der Waals surface area contributed by atoms with E-state index < -0.39 is 0 Å². The minimum atomic E-state index is 0.266. The number of rotatable bonds is 6. The second kappa shape index (κ2) is 6.53. The molecular weight excluding hydrogens is 262 g/mol. The standard InChI is InChI=1S/C15H16ClNO2/c1-2-11(18)5-4-10-19-14-8-7-13(16)12-6-3-9-17-15(12)14/h3,6-9H,2,4-5,10H2,1H3. The van der Waals surface area contributed by atoms with Gasteiger partial charge >= 0.3 is 0 Å². The number of aromatic nitrogens is 1. The molecular formula is C15H16ClNO2. The summed E-state index contributed by atoms with van der Waals surface area (Å²) < 4.78 is 5.70. The lowest BCUT2D eigenvalue weighted by Gasteiger charge is -2.09. The van der Waals surface area contributed by atoms with Crippen LogP contribution in [-0.4, -0.2) is 17.4 Å². The first-order valence-corrected chi connectivity index (χ1v) is 6.78. The zero-order valence-corrected chi connectivity index (χ0v) is 11.6. The number of ether oxygens (including phenoxy) is 1. The average Bonchev–Trinajstić information content (AvgIpc) is 2.45. The summed E-state index contributed by atoms with van der Waals surface area (Å²) in [5.41, 5.74) is 0.761. The zero-order chi connectivity index (χ0) is 13.7. The molecule has 2 rings (SSSR count). The van der Waals surface area contributed by atoms with E-state index in [0.717, 1.165) is 17.3 Å². The van der Waals surface area contributed by atoms with Gasteiger partial charge in [-0.1, -0.05) is 18.5 Å². The Morgan fingerprint density at radius 1 is 1.37 bits per heavy atom. The van der Waals surface area contributed by atoms with Crippen LogP contribution in [0.2, 0.25) is 5.02 Å². The van der Waals surface area contributed by atoms with Gasteiger partial charge in [-0.2, -0.15) is 0 Å². The Morgan fingerprint density at radius 2 is 2.21 bits per heavy atom. The van der Waals surface area contributed by atoms with Gasteiger partial charge in [0.25, 0.3) is 0 Å². The minimum absolute atomic E-state index is 0.266. The van der Waals surface area contributed by atoms with Gasteiger partial charge in [0.1, 0.15) is 17.0 Å². The summed E-state index contributed by atoms with van der Waals surface area (Å²) >= 11 is 6.11. The third kappa shape index (κ3) is 3.44. The van der Waals surface area contributed by atoms with Crippen LogP contribution in [0.3, 0.4) is 0 Å². The third-order valence-corrected chi connectivity index (χ3v) is 3.26. The fourth-order valence-electron chi connectivity index (χ4n) is 1.86. The van der Waals surface area contributed by atoms with Crippen molar-refractivity contribution >= 4 is 28.3 Å². The Hall–Kier alpha value is -1.61. The molecule has 3 nitrogen and oxygen atoms in total. The van der Waals surface area contributed by atoms with Gasteiger partial charge in [-0.05, 0) is 30.7 Å². The number of nitrogens with zero attached hydrogens (tertiary/aromatic N) is 1. The fraction of sp³-hybridized carbons (Fsp3) is 0.333. The number of pyridine rings is 1. The maximum absolute atomic E-state index is 11.2. The van der Waals surface area contributed by atoms with Crippen LogP contribution < -0.4 is 4.74 Å². The Kier molecular flexibility index (Phi) is 4.74. The van der Waals surface area contributed by atoms with Crippen molar-refractivity contribution in [3.8, 4) is 5.75 Å². The Labute approximate surface area is 117 Å². The molecule has 0 aliphatic rings. The van der Waals surface area contributed by atoms with Crippen molar-refractivity contribution < 1.29 is 9.53 Å². The van der Waals surface area contributed by atoms with E-state index in [1.54, 1.807) is 12.3 Å². The fourth-order valence-corrected chi connectivity index (χ4v) is 2.07. The lowest BCUT2D eigenvalue weighted by atomic mass is 10.2. The minimum Gasteiger partial charge on any atom is -0.491 e. The smallest absolute Gasteiger partial charge is 0.145 e. The molecule has 0 amide bonds. The molecule has 0 saturated carbocycles. The summed E-state index contributed by atoms with van der Waals surface area (Å²) in [6, 6.07) is 7.38. The lowest BCUT2D eigenvalue weighted by molar-refractivity contribution is -0.118. The van der Waals surface area contributed by atoms with E-state index in [9.17, 15) is 4.79 Å². The number of carbonyl (C=O) groups is 1. The number of Topliss-reactive ketones (excluding diaryl/α,β-unsaturated/α-hetero) is 1. The predicted octanol–water partition coefficient (Wildman–Crippen LogP) is 4.03. The first-order valence-electron chi connectivity index (χ1n) is 6.40. The number of carbonyl (C=O) groups excluding carboxylic acids is 1. The van der Waals surface area contributed by atoms with Crippen molar-refractivity contribution in [3.05, 3.63) is 35.5 Å². The highest BCUT2D eigenvalue weighted by molar-refractivity contribution is 6.35. The number of benzene rings is 1. The maximum atomic E-state index is 11.2. The topological polar surface area (TPSA) is 39.2 Å². The van der Waals surface area contributed by atoms with Crippen molar-refractivity contribution in [2.45, 2.75) is 26.2 Å². The number of hydrogen-bond acceptors (Lipinski definition) is 3. The van der Waals surface area contributed by atoms with Crippen LogP contribution in [0, 0.1) is 0 Å². The van der Waals surface area contributed by atoms with Crippen LogP contribution in [0.1, 0.15) is 26.2 Å². The molecule has 0 radical (unpaired) electrons. The summed E-state index contributed by atoms with van der Waals surface area (Å²) in [6.07, 6.45) is 3.59. The van der Waals surface area contributed by atoms with Crippen LogP contribution in [0.25, 0.3) is 10.9 Å². The molecule has 0 unspecified atom stereocenters. The highest BCUT2D eigenvalue weighted by Gasteiger charge is 2.06. The van der Waals surface area contributed by atoms with E-state index in [1.807, 2.05) is 25.1 Å². The first-order chi connectivity index (χ1) is 9.22. The van der Waals surface area contributed by atoms with E-state index >= 15 is 0 Å². The number of hydrogen-bond donors (Lipinski definition) is 0. The molecule has 0 aliphatic heterocycles. The van der Waals surface area contributed by atoms with Gasteiger partial charge in [0, 0.05) is 24.4 Å². The second-order valence-corrected chi connectivity index (χ2v) is 4.70. The van der Waals surface area contributed by atoms with Gasteiger partial charge in [0.05, 0.1) is 11.6 Å². The van der Waals surface area contributed by atoms with Crippen LogP contribution >= 0.6 is 11.6 Å². The van der Waals surface area contributed by atoms with Crippen molar-refractivity contribution in [1.82, 2.24) is 4.98 Å². The van der Waals surface area contributed by atoms with Crippen molar-refractivity contribution in [2.24, 2.45) is 0 Å². The van der Waals surface area contributed by atoms with Gasteiger partial charge < -0.3 is 4.74 Å². The molecule has 0 spiro atoms.